The maximum Gasteiger partial charge on any atom is 0.272 e. The lowest BCUT2D eigenvalue weighted by Crippen LogP contribution is -2.17. The molecule has 2 aromatic rings. The third-order valence-electron chi connectivity index (χ3n) is 2.37. The van der Waals surface area contributed by atoms with Crippen LogP contribution in [0.15, 0.2) is 40.8 Å². The number of rotatable bonds is 3. The van der Waals surface area contributed by atoms with Crippen LogP contribution in [0, 0.1) is 6.92 Å². The van der Waals surface area contributed by atoms with Crippen LogP contribution in [0.1, 0.15) is 20.8 Å². The van der Waals surface area contributed by atoms with E-state index >= 15 is 0 Å². The summed E-state index contributed by atoms with van der Waals surface area (Å²) in [6.07, 6.45) is 1.63. The quantitative estimate of drug-likeness (QED) is 0.678. The topological polar surface area (TPSA) is 41.5 Å². The molecule has 0 atom stereocenters. The molecule has 2 rings (SSSR count). The molecule has 5 heteroatoms. The zero-order valence-corrected chi connectivity index (χ0v) is 11.3. The molecule has 0 saturated carbocycles. The number of hydrazone groups is 1. The van der Waals surface area contributed by atoms with Crippen molar-refractivity contribution in [2.24, 2.45) is 5.10 Å². The molecule has 0 aliphatic heterocycles. The summed E-state index contributed by atoms with van der Waals surface area (Å²) in [6, 6.07) is 8.86. The number of thiophene rings is 1. The Kier molecular flexibility index (Phi) is 4.12. The van der Waals surface area contributed by atoms with Gasteiger partial charge in [-0.15, -0.1) is 11.3 Å². The summed E-state index contributed by atoms with van der Waals surface area (Å²) in [5.74, 6) is -0.314. The molecule has 1 aromatic heterocycles. The highest BCUT2D eigenvalue weighted by Crippen LogP contribution is 2.15. The fourth-order valence-electron chi connectivity index (χ4n) is 1.37. The van der Waals surface area contributed by atoms with Crippen LogP contribution in [0.3, 0.4) is 0 Å². The number of hydrogen-bond donors (Lipinski definition) is 1. The van der Waals surface area contributed by atoms with Crippen molar-refractivity contribution in [2.45, 2.75) is 6.92 Å². The monoisotopic (exact) mass is 278 g/mol. The highest BCUT2D eigenvalue weighted by atomic mass is 35.5. The Morgan fingerprint density at radius 3 is 2.83 bits per heavy atom. The van der Waals surface area contributed by atoms with Crippen LogP contribution in [0.5, 0.6) is 0 Å². The number of hydrogen-bond acceptors (Lipinski definition) is 3. The molecule has 3 nitrogen and oxygen atoms in total. The van der Waals surface area contributed by atoms with Gasteiger partial charge in [0.2, 0.25) is 0 Å². The summed E-state index contributed by atoms with van der Waals surface area (Å²) in [6.45, 7) is 1.99. The molecule has 92 valence electrons. The van der Waals surface area contributed by atoms with Crippen LogP contribution in [-0.2, 0) is 0 Å². The van der Waals surface area contributed by atoms with Gasteiger partial charge in [-0.2, -0.15) is 5.10 Å². The van der Waals surface area contributed by atoms with Gasteiger partial charge in [-0.3, -0.25) is 4.79 Å². The van der Waals surface area contributed by atoms with Crippen LogP contribution in [0.4, 0.5) is 0 Å². The average molecular weight is 279 g/mol. The first-order valence-corrected chi connectivity index (χ1v) is 6.56. The van der Waals surface area contributed by atoms with E-state index in [1.165, 1.54) is 0 Å². The summed E-state index contributed by atoms with van der Waals surface area (Å²) in [7, 11) is 0. The fraction of sp³-hybridized carbons (Fsp3) is 0.0769. The smallest absolute Gasteiger partial charge is 0.267 e. The SMILES string of the molecule is Cc1ccsc1/C=N/NC(=O)c1ccccc1Cl. The molecule has 0 spiro atoms. The first-order valence-electron chi connectivity index (χ1n) is 5.30. The molecule has 0 radical (unpaired) electrons. The molecule has 1 amide bonds. The molecule has 0 bridgehead atoms. The molecule has 0 saturated heterocycles. The minimum absolute atomic E-state index is 0.314. The summed E-state index contributed by atoms with van der Waals surface area (Å²) in [4.78, 5) is 12.8. The van der Waals surface area contributed by atoms with E-state index in [0.717, 1.165) is 10.4 Å². The normalized spacial score (nSPS) is 10.8. The molecule has 0 fully saturated rings. The number of nitrogens with zero attached hydrogens (tertiary/aromatic N) is 1. The summed E-state index contributed by atoms with van der Waals surface area (Å²) in [5, 5.41) is 6.31. The lowest BCUT2D eigenvalue weighted by Gasteiger charge is -2.01. The minimum Gasteiger partial charge on any atom is -0.267 e. The molecule has 18 heavy (non-hydrogen) atoms. The molecule has 0 aliphatic carbocycles. The Labute approximate surface area is 114 Å². The van der Waals surface area contributed by atoms with Gasteiger partial charge in [0.1, 0.15) is 0 Å². The molecular weight excluding hydrogens is 268 g/mol. The summed E-state index contributed by atoms with van der Waals surface area (Å²) < 4.78 is 0. The molecule has 0 unspecified atom stereocenters. The predicted molar refractivity (Wildman–Crippen MR) is 75.6 cm³/mol. The van der Waals surface area contributed by atoms with E-state index in [1.54, 1.807) is 41.8 Å². The van der Waals surface area contributed by atoms with Crippen molar-refractivity contribution in [3.8, 4) is 0 Å². The summed E-state index contributed by atoms with van der Waals surface area (Å²) >= 11 is 7.49. The van der Waals surface area contributed by atoms with Crippen molar-refractivity contribution in [2.75, 3.05) is 0 Å². The van der Waals surface area contributed by atoms with Gasteiger partial charge in [-0.05, 0) is 36.1 Å². The van der Waals surface area contributed by atoms with Crippen LogP contribution < -0.4 is 5.43 Å². The van der Waals surface area contributed by atoms with Gasteiger partial charge >= 0.3 is 0 Å². The van der Waals surface area contributed by atoms with Crippen molar-refractivity contribution in [3.63, 3.8) is 0 Å². The van der Waals surface area contributed by atoms with E-state index in [4.69, 9.17) is 11.6 Å². The molecule has 1 heterocycles. The largest absolute Gasteiger partial charge is 0.272 e. The second kappa shape index (κ2) is 5.80. The van der Waals surface area contributed by atoms with E-state index in [-0.39, 0.29) is 5.91 Å². The Morgan fingerprint density at radius 1 is 1.39 bits per heavy atom. The predicted octanol–water partition coefficient (Wildman–Crippen LogP) is 3.47. The number of halogens is 1. The molecule has 0 aliphatic rings. The first-order chi connectivity index (χ1) is 8.68. The number of benzene rings is 1. The highest BCUT2D eigenvalue weighted by molar-refractivity contribution is 7.11. The number of aryl methyl sites for hydroxylation is 1. The third kappa shape index (κ3) is 2.97. The van der Waals surface area contributed by atoms with E-state index < -0.39 is 0 Å². The van der Waals surface area contributed by atoms with Gasteiger partial charge in [0.25, 0.3) is 5.91 Å². The van der Waals surface area contributed by atoms with Crippen molar-refractivity contribution in [3.05, 3.63) is 56.7 Å². The van der Waals surface area contributed by atoms with Crippen molar-refractivity contribution < 1.29 is 4.79 Å². The van der Waals surface area contributed by atoms with E-state index in [9.17, 15) is 4.79 Å². The van der Waals surface area contributed by atoms with Crippen LogP contribution in [0.2, 0.25) is 5.02 Å². The number of nitrogens with one attached hydrogen (secondary N) is 1. The van der Waals surface area contributed by atoms with E-state index in [1.807, 2.05) is 18.4 Å². The van der Waals surface area contributed by atoms with E-state index in [2.05, 4.69) is 10.5 Å². The van der Waals surface area contributed by atoms with Crippen molar-refractivity contribution in [1.82, 2.24) is 5.43 Å². The second-order valence-electron chi connectivity index (χ2n) is 3.65. The molecule has 1 N–H and O–H groups in total. The first kappa shape index (κ1) is 12.8. The second-order valence-corrected chi connectivity index (χ2v) is 5.00. The zero-order chi connectivity index (χ0) is 13.0. The zero-order valence-electron chi connectivity index (χ0n) is 9.68. The Morgan fingerprint density at radius 2 is 2.17 bits per heavy atom. The van der Waals surface area contributed by atoms with Crippen molar-refractivity contribution >= 4 is 35.1 Å². The van der Waals surface area contributed by atoms with Gasteiger partial charge in [-0.25, -0.2) is 5.43 Å². The Bertz CT molecular complexity index is 592. The third-order valence-corrected chi connectivity index (χ3v) is 3.65. The van der Waals surface area contributed by atoms with Gasteiger partial charge in [0.05, 0.1) is 16.8 Å². The van der Waals surface area contributed by atoms with Crippen LogP contribution in [-0.4, -0.2) is 12.1 Å². The number of carbonyl (C=O) groups is 1. The summed E-state index contributed by atoms with van der Waals surface area (Å²) in [5.41, 5.74) is 4.01. The average Bonchev–Trinajstić information content (AvgIpc) is 2.75. The lowest BCUT2D eigenvalue weighted by molar-refractivity contribution is 0.0955. The maximum atomic E-state index is 11.8. The standard InChI is InChI=1S/C13H11ClN2OS/c1-9-6-7-18-12(9)8-15-16-13(17)10-4-2-3-5-11(10)14/h2-8H,1H3,(H,16,17)/b15-8+. The van der Waals surface area contributed by atoms with Gasteiger partial charge in [0, 0.05) is 4.88 Å². The molecule has 1 aromatic carbocycles. The van der Waals surface area contributed by atoms with E-state index in [0.29, 0.717) is 10.6 Å². The fourth-order valence-corrected chi connectivity index (χ4v) is 2.38. The van der Waals surface area contributed by atoms with Gasteiger partial charge < -0.3 is 0 Å². The lowest BCUT2D eigenvalue weighted by atomic mass is 10.2. The minimum atomic E-state index is -0.314. The van der Waals surface area contributed by atoms with Crippen LogP contribution >= 0.6 is 22.9 Å². The number of amides is 1. The highest BCUT2D eigenvalue weighted by Gasteiger charge is 2.07. The maximum absolute atomic E-state index is 11.8. The van der Waals surface area contributed by atoms with Gasteiger partial charge in [-0.1, -0.05) is 23.7 Å². The van der Waals surface area contributed by atoms with Crippen LogP contribution in [0.25, 0.3) is 0 Å². The number of carbonyl (C=O) groups excluding carboxylic acids is 1. The van der Waals surface area contributed by atoms with Crippen molar-refractivity contribution in [1.29, 1.82) is 0 Å². The Hall–Kier alpha value is -1.65. The Balaban J connectivity index is 2.03. The molecular formula is C13H11ClN2OS. The van der Waals surface area contributed by atoms with Gasteiger partial charge in [0.15, 0.2) is 0 Å².